The van der Waals surface area contributed by atoms with Crippen LogP contribution in [0.5, 0.6) is 11.5 Å². The molecule has 0 saturated heterocycles. The van der Waals surface area contributed by atoms with Gasteiger partial charge in [-0.1, -0.05) is 24.3 Å². The lowest BCUT2D eigenvalue weighted by Gasteiger charge is -2.22. The number of amides is 1. The van der Waals surface area contributed by atoms with Gasteiger partial charge >= 0.3 is 0 Å². The number of benzene rings is 2. The maximum absolute atomic E-state index is 13.6. The highest BCUT2D eigenvalue weighted by molar-refractivity contribution is 7.22. The van der Waals surface area contributed by atoms with Crippen LogP contribution in [0.15, 0.2) is 55.1 Å². The fraction of sp³-hybridized carbons (Fsp3) is 0.292. The minimum Gasteiger partial charge on any atom is -0.486 e. The molecular formula is C24H24N4O3S. The van der Waals surface area contributed by atoms with Crippen LogP contribution >= 0.6 is 11.3 Å². The van der Waals surface area contributed by atoms with Gasteiger partial charge in [-0.3, -0.25) is 9.69 Å². The highest BCUT2D eigenvalue weighted by atomic mass is 32.1. The summed E-state index contributed by atoms with van der Waals surface area (Å²) in [5.41, 5.74) is 2.74. The normalized spacial score (nSPS) is 12.8. The van der Waals surface area contributed by atoms with E-state index in [-0.39, 0.29) is 5.91 Å². The van der Waals surface area contributed by atoms with Crippen molar-refractivity contribution in [3.05, 3.63) is 66.2 Å². The zero-order valence-electron chi connectivity index (χ0n) is 17.9. The second-order valence-electron chi connectivity index (χ2n) is 7.62. The first kappa shape index (κ1) is 20.5. The van der Waals surface area contributed by atoms with Gasteiger partial charge in [-0.15, -0.1) is 0 Å². The smallest absolute Gasteiger partial charge is 0.260 e. The van der Waals surface area contributed by atoms with Gasteiger partial charge in [0.15, 0.2) is 16.6 Å². The average molecular weight is 449 g/mol. The molecule has 1 aliphatic heterocycles. The predicted octanol–water partition coefficient (Wildman–Crippen LogP) is 4.56. The highest BCUT2D eigenvalue weighted by Gasteiger charge is 2.23. The van der Waals surface area contributed by atoms with E-state index < -0.39 is 0 Å². The second kappa shape index (κ2) is 9.00. The van der Waals surface area contributed by atoms with Gasteiger partial charge in [-0.25, -0.2) is 9.97 Å². The van der Waals surface area contributed by atoms with Crippen LogP contribution in [0.2, 0.25) is 0 Å². The third kappa shape index (κ3) is 4.18. The summed E-state index contributed by atoms with van der Waals surface area (Å²) in [5.74, 6) is 1.19. The molecule has 3 heterocycles. The van der Waals surface area contributed by atoms with Gasteiger partial charge in [0.25, 0.3) is 5.91 Å². The number of thiazole rings is 1. The van der Waals surface area contributed by atoms with Gasteiger partial charge in [-0.2, -0.15) is 0 Å². The Hall–Kier alpha value is -3.39. The molecule has 164 valence electrons. The summed E-state index contributed by atoms with van der Waals surface area (Å²) in [6, 6.07) is 11.7. The first-order valence-corrected chi connectivity index (χ1v) is 11.6. The molecule has 0 fully saturated rings. The largest absolute Gasteiger partial charge is 0.486 e. The van der Waals surface area contributed by atoms with Crippen molar-refractivity contribution < 1.29 is 14.3 Å². The Labute approximate surface area is 190 Å². The number of fused-ring (bicyclic) bond motifs is 2. The molecule has 8 heteroatoms. The monoisotopic (exact) mass is 448 g/mol. The molecule has 2 aromatic heterocycles. The van der Waals surface area contributed by atoms with Gasteiger partial charge < -0.3 is 14.0 Å². The van der Waals surface area contributed by atoms with E-state index in [0.717, 1.165) is 29.6 Å². The van der Waals surface area contributed by atoms with Crippen molar-refractivity contribution in [1.29, 1.82) is 0 Å². The molecule has 4 aromatic rings. The summed E-state index contributed by atoms with van der Waals surface area (Å²) in [6.45, 7) is 4.46. The fourth-order valence-electron chi connectivity index (χ4n) is 3.74. The lowest BCUT2D eigenvalue weighted by molar-refractivity contribution is 0.0985. The van der Waals surface area contributed by atoms with Crippen molar-refractivity contribution in [2.75, 3.05) is 24.7 Å². The quantitative estimate of drug-likeness (QED) is 0.414. The molecule has 32 heavy (non-hydrogen) atoms. The Balaban J connectivity index is 1.45. The first-order chi connectivity index (χ1) is 15.7. The molecule has 1 aliphatic rings. The van der Waals surface area contributed by atoms with E-state index in [1.807, 2.05) is 16.8 Å². The molecule has 0 bridgehead atoms. The van der Waals surface area contributed by atoms with Crippen molar-refractivity contribution in [1.82, 2.24) is 14.5 Å². The number of carbonyl (C=O) groups is 1. The van der Waals surface area contributed by atoms with Crippen LogP contribution < -0.4 is 14.4 Å². The van der Waals surface area contributed by atoms with Crippen LogP contribution in [-0.2, 0) is 13.0 Å². The third-order valence-corrected chi connectivity index (χ3v) is 6.51. The maximum Gasteiger partial charge on any atom is 0.260 e. The summed E-state index contributed by atoms with van der Waals surface area (Å²) in [5, 5.41) is 0.707. The fourth-order valence-corrected chi connectivity index (χ4v) is 4.79. The Morgan fingerprint density at radius 2 is 2.03 bits per heavy atom. The molecule has 0 atom stereocenters. The van der Waals surface area contributed by atoms with E-state index in [0.29, 0.717) is 42.0 Å². The third-order valence-electron chi connectivity index (χ3n) is 5.47. The van der Waals surface area contributed by atoms with Crippen molar-refractivity contribution in [2.24, 2.45) is 0 Å². The summed E-state index contributed by atoms with van der Waals surface area (Å²) in [7, 11) is 0. The van der Waals surface area contributed by atoms with E-state index in [1.54, 1.807) is 47.0 Å². The second-order valence-corrected chi connectivity index (χ2v) is 8.63. The minimum atomic E-state index is -0.0950. The number of aromatic nitrogens is 3. The van der Waals surface area contributed by atoms with Crippen LogP contribution in [0.4, 0.5) is 5.13 Å². The zero-order chi connectivity index (χ0) is 21.9. The summed E-state index contributed by atoms with van der Waals surface area (Å²) >= 11 is 1.55. The van der Waals surface area contributed by atoms with E-state index in [1.165, 1.54) is 5.56 Å². The van der Waals surface area contributed by atoms with Gasteiger partial charge in [0.2, 0.25) is 0 Å². The van der Waals surface area contributed by atoms with Gasteiger partial charge in [-0.05, 0) is 48.7 Å². The lowest BCUT2D eigenvalue weighted by atomic mass is 10.1. The molecule has 1 amide bonds. The van der Waals surface area contributed by atoms with Crippen LogP contribution in [0.3, 0.4) is 0 Å². The summed E-state index contributed by atoms with van der Waals surface area (Å²) in [4.78, 5) is 24.3. The molecule has 0 saturated carbocycles. The number of rotatable bonds is 7. The number of aryl methyl sites for hydroxylation is 2. The number of hydrogen-bond acceptors (Lipinski definition) is 6. The number of carbonyl (C=O) groups excluding carboxylic acids is 1. The number of imidazole rings is 1. The maximum atomic E-state index is 13.6. The standard InChI is InChI=1S/C24H24N4O3S/c1-2-17-4-6-19-22(14-17)32-24(26-19)28(10-3-9-27-11-8-25-16-27)23(29)18-5-7-20-21(15-18)31-13-12-30-20/h4-8,11,14-16H,2-3,9-10,12-13H2,1H3. The number of ether oxygens (including phenoxy) is 2. The van der Waals surface area contributed by atoms with E-state index in [2.05, 4.69) is 24.0 Å². The Morgan fingerprint density at radius 3 is 2.84 bits per heavy atom. The molecule has 0 N–H and O–H groups in total. The van der Waals surface area contributed by atoms with E-state index in [9.17, 15) is 4.79 Å². The van der Waals surface area contributed by atoms with E-state index >= 15 is 0 Å². The lowest BCUT2D eigenvalue weighted by Crippen LogP contribution is -2.32. The molecule has 0 unspecified atom stereocenters. The summed E-state index contributed by atoms with van der Waals surface area (Å²) < 4.78 is 14.4. The molecule has 5 rings (SSSR count). The molecule has 7 nitrogen and oxygen atoms in total. The predicted molar refractivity (Wildman–Crippen MR) is 125 cm³/mol. The van der Waals surface area contributed by atoms with Crippen molar-refractivity contribution in [3.8, 4) is 11.5 Å². The van der Waals surface area contributed by atoms with Crippen LogP contribution in [0.1, 0.15) is 29.3 Å². The molecule has 0 radical (unpaired) electrons. The van der Waals surface area contributed by atoms with Gasteiger partial charge in [0.05, 0.1) is 16.5 Å². The van der Waals surface area contributed by atoms with E-state index in [4.69, 9.17) is 14.5 Å². The van der Waals surface area contributed by atoms with Crippen LogP contribution in [-0.4, -0.2) is 40.2 Å². The minimum absolute atomic E-state index is 0.0950. The molecule has 2 aromatic carbocycles. The first-order valence-electron chi connectivity index (χ1n) is 10.8. The Kier molecular flexibility index (Phi) is 5.77. The molecule has 0 spiro atoms. The van der Waals surface area contributed by atoms with Crippen LogP contribution in [0.25, 0.3) is 10.2 Å². The highest BCUT2D eigenvalue weighted by Crippen LogP contribution is 2.34. The van der Waals surface area contributed by atoms with Crippen LogP contribution in [0, 0.1) is 0 Å². The van der Waals surface area contributed by atoms with Gasteiger partial charge in [0, 0.05) is 31.0 Å². The Bertz CT molecular complexity index is 1240. The summed E-state index contributed by atoms with van der Waals surface area (Å²) in [6.07, 6.45) is 7.22. The molecular weight excluding hydrogens is 424 g/mol. The van der Waals surface area contributed by atoms with Crippen molar-refractivity contribution in [3.63, 3.8) is 0 Å². The van der Waals surface area contributed by atoms with Crippen molar-refractivity contribution >= 4 is 32.6 Å². The zero-order valence-corrected chi connectivity index (χ0v) is 18.7. The molecule has 0 aliphatic carbocycles. The topological polar surface area (TPSA) is 69.5 Å². The number of anilines is 1. The van der Waals surface area contributed by atoms with Crippen molar-refractivity contribution in [2.45, 2.75) is 26.3 Å². The van der Waals surface area contributed by atoms with Gasteiger partial charge in [0.1, 0.15) is 13.2 Å². The number of nitrogens with zero attached hydrogens (tertiary/aromatic N) is 4. The number of hydrogen-bond donors (Lipinski definition) is 0. The average Bonchev–Trinajstić information content (AvgIpc) is 3.50. The Morgan fingerprint density at radius 1 is 1.16 bits per heavy atom. The SMILES string of the molecule is CCc1ccc2nc(N(CCCn3ccnc3)C(=O)c3ccc4c(c3)OCCO4)sc2c1.